The summed E-state index contributed by atoms with van der Waals surface area (Å²) in [4.78, 5) is 2.25. The highest BCUT2D eigenvalue weighted by Crippen LogP contribution is 2.29. The molecular formula is C10H21N3O. The summed E-state index contributed by atoms with van der Waals surface area (Å²) in [5.74, 6) is 0.310. The van der Waals surface area contributed by atoms with Gasteiger partial charge in [-0.2, -0.15) is 0 Å². The molecule has 0 bridgehead atoms. The van der Waals surface area contributed by atoms with Crippen LogP contribution in [-0.4, -0.2) is 35.6 Å². The van der Waals surface area contributed by atoms with Crippen molar-refractivity contribution < 1.29 is 5.21 Å². The summed E-state index contributed by atoms with van der Waals surface area (Å²) in [5, 5.41) is 11.5. The lowest BCUT2D eigenvalue weighted by Gasteiger charge is -2.22. The Morgan fingerprint density at radius 2 is 2.14 bits per heavy atom. The zero-order chi connectivity index (χ0) is 10.6. The summed E-state index contributed by atoms with van der Waals surface area (Å²) < 4.78 is 0. The molecule has 0 amide bonds. The average Bonchev–Trinajstić information content (AvgIpc) is 2.28. The fraction of sp³-hybridized carbons (Fsp3) is 0.900. The van der Waals surface area contributed by atoms with Gasteiger partial charge in [0.15, 0.2) is 5.84 Å². The second-order valence-electron chi connectivity index (χ2n) is 4.89. The van der Waals surface area contributed by atoms with Gasteiger partial charge in [0.2, 0.25) is 0 Å². The fourth-order valence-electron chi connectivity index (χ4n) is 1.90. The average molecular weight is 199 g/mol. The maximum atomic E-state index is 8.47. The van der Waals surface area contributed by atoms with Crippen LogP contribution in [0.5, 0.6) is 0 Å². The predicted octanol–water partition coefficient (Wildman–Crippen LogP) is 1.24. The lowest BCUT2D eigenvalue weighted by Crippen LogP contribution is -2.35. The lowest BCUT2D eigenvalue weighted by molar-refractivity contribution is 0.278. The first-order valence-corrected chi connectivity index (χ1v) is 5.22. The first kappa shape index (κ1) is 11.3. The molecular weight excluding hydrogens is 178 g/mol. The summed E-state index contributed by atoms with van der Waals surface area (Å²) in [6, 6.07) is 0. The quantitative estimate of drug-likeness (QED) is 0.304. The molecule has 1 aliphatic heterocycles. The van der Waals surface area contributed by atoms with Gasteiger partial charge in [0.1, 0.15) is 0 Å². The van der Waals surface area contributed by atoms with Crippen molar-refractivity contribution in [3.05, 3.63) is 0 Å². The number of nitrogens with two attached hydrogens (primary N) is 1. The summed E-state index contributed by atoms with van der Waals surface area (Å²) in [7, 11) is 0. The van der Waals surface area contributed by atoms with Crippen molar-refractivity contribution in [2.75, 3.05) is 19.6 Å². The van der Waals surface area contributed by atoms with E-state index in [1.54, 1.807) is 0 Å². The van der Waals surface area contributed by atoms with Gasteiger partial charge in [-0.15, -0.1) is 0 Å². The van der Waals surface area contributed by atoms with Gasteiger partial charge in [0.05, 0.1) is 6.54 Å². The van der Waals surface area contributed by atoms with Gasteiger partial charge in [0, 0.05) is 0 Å². The molecule has 3 N–H and O–H groups in total. The molecule has 0 aromatic rings. The first-order chi connectivity index (χ1) is 6.53. The molecule has 0 aliphatic carbocycles. The van der Waals surface area contributed by atoms with E-state index in [-0.39, 0.29) is 0 Å². The lowest BCUT2D eigenvalue weighted by atomic mass is 9.85. The molecule has 4 nitrogen and oxygen atoms in total. The third kappa shape index (κ3) is 3.54. The molecule has 1 heterocycles. The Morgan fingerprint density at radius 1 is 1.43 bits per heavy atom. The van der Waals surface area contributed by atoms with Crippen LogP contribution >= 0.6 is 0 Å². The van der Waals surface area contributed by atoms with Crippen molar-refractivity contribution in [1.29, 1.82) is 0 Å². The Morgan fingerprint density at radius 3 is 2.79 bits per heavy atom. The monoisotopic (exact) mass is 199 g/mol. The Kier molecular flexibility index (Phi) is 3.75. The van der Waals surface area contributed by atoms with Crippen molar-refractivity contribution in [2.24, 2.45) is 16.3 Å². The van der Waals surface area contributed by atoms with Crippen LogP contribution in [0.4, 0.5) is 0 Å². The number of rotatable bonds is 2. The molecule has 14 heavy (non-hydrogen) atoms. The van der Waals surface area contributed by atoms with Crippen molar-refractivity contribution in [3.8, 4) is 0 Å². The molecule has 1 saturated heterocycles. The zero-order valence-electron chi connectivity index (χ0n) is 9.16. The number of oxime groups is 1. The number of likely N-dealkylation sites (tertiary alicyclic amines) is 1. The molecule has 1 aliphatic rings. The molecule has 0 unspecified atom stereocenters. The van der Waals surface area contributed by atoms with Gasteiger partial charge >= 0.3 is 0 Å². The summed E-state index contributed by atoms with van der Waals surface area (Å²) in [5.41, 5.74) is 5.93. The topological polar surface area (TPSA) is 61.8 Å². The molecule has 1 rings (SSSR count). The van der Waals surface area contributed by atoms with Gasteiger partial charge < -0.3 is 10.9 Å². The largest absolute Gasteiger partial charge is 0.409 e. The predicted molar refractivity (Wildman–Crippen MR) is 57.5 cm³/mol. The van der Waals surface area contributed by atoms with Crippen molar-refractivity contribution in [2.45, 2.75) is 33.1 Å². The van der Waals surface area contributed by atoms with E-state index in [2.05, 4.69) is 23.9 Å². The number of nitrogens with zero attached hydrogens (tertiary/aromatic N) is 2. The molecule has 1 fully saturated rings. The Balaban J connectivity index is 2.42. The Hall–Kier alpha value is -0.770. The van der Waals surface area contributed by atoms with E-state index >= 15 is 0 Å². The zero-order valence-corrected chi connectivity index (χ0v) is 9.16. The minimum absolute atomic E-state index is 0.310. The highest BCUT2D eigenvalue weighted by Gasteiger charge is 2.23. The van der Waals surface area contributed by atoms with Gasteiger partial charge in [0.25, 0.3) is 0 Å². The van der Waals surface area contributed by atoms with Crippen LogP contribution in [0.1, 0.15) is 33.1 Å². The molecule has 82 valence electrons. The van der Waals surface area contributed by atoms with Crippen LogP contribution < -0.4 is 5.73 Å². The Labute approximate surface area is 85.8 Å². The molecule has 0 spiro atoms. The highest BCUT2D eigenvalue weighted by atomic mass is 16.4. The maximum Gasteiger partial charge on any atom is 0.153 e. The SMILES string of the molecule is CC1(C)CCCN(C/C(N)=N/O)CC1. The van der Waals surface area contributed by atoms with Gasteiger partial charge in [-0.05, 0) is 37.8 Å². The smallest absolute Gasteiger partial charge is 0.153 e. The third-order valence-electron chi connectivity index (χ3n) is 2.95. The van der Waals surface area contributed by atoms with Gasteiger partial charge in [-0.25, -0.2) is 0 Å². The van der Waals surface area contributed by atoms with Crippen molar-refractivity contribution in [1.82, 2.24) is 4.90 Å². The van der Waals surface area contributed by atoms with E-state index in [0.717, 1.165) is 13.1 Å². The first-order valence-electron chi connectivity index (χ1n) is 5.22. The standard InChI is InChI=1S/C10H21N3O/c1-10(2)4-3-6-13(7-5-10)8-9(11)12-14/h14H,3-8H2,1-2H3,(H2,11,12). The molecule has 0 saturated carbocycles. The normalized spacial score (nSPS) is 24.6. The molecule has 4 heteroatoms. The van der Waals surface area contributed by atoms with Crippen molar-refractivity contribution in [3.63, 3.8) is 0 Å². The van der Waals surface area contributed by atoms with E-state index in [4.69, 9.17) is 10.9 Å². The third-order valence-corrected chi connectivity index (χ3v) is 2.95. The van der Waals surface area contributed by atoms with Crippen LogP contribution in [-0.2, 0) is 0 Å². The van der Waals surface area contributed by atoms with Crippen molar-refractivity contribution >= 4 is 5.84 Å². The van der Waals surface area contributed by atoms with E-state index in [1.807, 2.05) is 0 Å². The maximum absolute atomic E-state index is 8.47. The van der Waals surface area contributed by atoms with Crippen LogP contribution in [0.15, 0.2) is 5.16 Å². The molecule has 0 atom stereocenters. The number of hydrogen-bond acceptors (Lipinski definition) is 3. The highest BCUT2D eigenvalue weighted by molar-refractivity contribution is 5.81. The van der Waals surface area contributed by atoms with E-state index < -0.39 is 0 Å². The minimum Gasteiger partial charge on any atom is -0.409 e. The van der Waals surface area contributed by atoms with E-state index in [0.29, 0.717) is 17.8 Å². The van der Waals surface area contributed by atoms with Crippen LogP contribution in [0.25, 0.3) is 0 Å². The Bertz CT molecular complexity index is 213. The summed E-state index contributed by atoms with van der Waals surface area (Å²) in [6.07, 6.45) is 3.65. The van der Waals surface area contributed by atoms with E-state index in [9.17, 15) is 0 Å². The molecule has 0 aromatic carbocycles. The summed E-state index contributed by atoms with van der Waals surface area (Å²) in [6.45, 7) is 7.30. The summed E-state index contributed by atoms with van der Waals surface area (Å²) >= 11 is 0. The van der Waals surface area contributed by atoms with E-state index in [1.165, 1.54) is 19.3 Å². The van der Waals surface area contributed by atoms with Gasteiger partial charge in [-0.3, -0.25) is 4.90 Å². The molecule has 0 aromatic heterocycles. The second kappa shape index (κ2) is 4.64. The second-order valence-corrected chi connectivity index (χ2v) is 4.89. The van der Waals surface area contributed by atoms with Gasteiger partial charge in [-0.1, -0.05) is 19.0 Å². The fourth-order valence-corrected chi connectivity index (χ4v) is 1.90. The van der Waals surface area contributed by atoms with Crippen LogP contribution in [0.3, 0.4) is 0 Å². The van der Waals surface area contributed by atoms with Crippen LogP contribution in [0, 0.1) is 5.41 Å². The van der Waals surface area contributed by atoms with Crippen LogP contribution in [0.2, 0.25) is 0 Å². The minimum atomic E-state index is 0.310. The number of hydrogen-bond donors (Lipinski definition) is 2. The number of amidine groups is 1. The molecule has 0 radical (unpaired) electrons.